The third kappa shape index (κ3) is 3.16. The van der Waals surface area contributed by atoms with E-state index in [0.717, 1.165) is 5.56 Å². The van der Waals surface area contributed by atoms with Gasteiger partial charge in [0, 0.05) is 0 Å². The van der Waals surface area contributed by atoms with Crippen LogP contribution < -0.4 is 0 Å². The highest BCUT2D eigenvalue weighted by Crippen LogP contribution is 2.00. The molecule has 1 unspecified atom stereocenters. The molecule has 2 heteroatoms. The van der Waals surface area contributed by atoms with Crippen LogP contribution in [-0.2, 0) is 0 Å². The maximum absolute atomic E-state index is 9.07. The summed E-state index contributed by atoms with van der Waals surface area (Å²) in [6.07, 6.45) is 1.97. The minimum absolute atomic E-state index is 1.15. The van der Waals surface area contributed by atoms with Crippen molar-refractivity contribution in [3.63, 3.8) is 0 Å². The summed E-state index contributed by atoms with van der Waals surface area (Å²) in [5.74, 6) is 0. The smallest absolute Gasteiger partial charge is 0.193 e. The molecule has 0 spiro atoms. The zero-order valence-corrected chi connectivity index (χ0v) is 7.72. The van der Waals surface area contributed by atoms with E-state index in [9.17, 15) is 0 Å². The lowest BCUT2D eigenvalue weighted by molar-refractivity contribution is 0.593. The summed E-state index contributed by atoms with van der Waals surface area (Å²) in [4.78, 5) is 9.07. The van der Waals surface area contributed by atoms with Crippen LogP contribution in [0.1, 0.15) is 5.56 Å². The zero-order chi connectivity index (χ0) is 8.10. The summed E-state index contributed by atoms with van der Waals surface area (Å²) in [7, 11) is -1.52. The highest BCUT2D eigenvalue weighted by atomic mass is 28.3. The average Bonchev–Trinajstić information content (AvgIpc) is 2.03. The van der Waals surface area contributed by atoms with Gasteiger partial charge in [0.05, 0.1) is 0 Å². The summed E-state index contributed by atoms with van der Waals surface area (Å²) in [6, 6.07) is 10.0. The van der Waals surface area contributed by atoms with E-state index in [1.165, 1.54) is 0 Å². The van der Waals surface area contributed by atoms with Crippen LogP contribution in [0.25, 0.3) is 6.08 Å². The van der Waals surface area contributed by atoms with E-state index in [1.807, 2.05) is 48.7 Å². The van der Waals surface area contributed by atoms with Gasteiger partial charge in [-0.15, -0.1) is 0 Å². The molecule has 0 saturated heterocycles. The van der Waals surface area contributed by atoms with Crippen molar-refractivity contribution in [3.05, 3.63) is 41.6 Å². The molecule has 0 aliphatic heterocycles. The van der Waals surface area contributed by atoms with Crippen molar-refractivity contribution >= 4 is 15.1 Å². The molecule has 58 valence electrons. The molecule has 0 radical (unpaired) electrons. The SMILES string of the molecule is C[SiH](O)C=Cc1ccccc1. The van der Waals surface area contributed by atoms with Crippen LogP contribution in [0.5, 0.6) is 0 Å². The van der Waals surface area contributed by atoms with Gasteiger partial charge in [-0.25, -0.2) is 0 Å². The van der Waals surface area contributed by atoms with Crippen molar-refractivity contribution in [3.8, 4) is 0 Å². The van der Waals surface area contributed by atoms with Crippen LogP contribution in [-0.4, -0.2) is 13.8 Å². The Kier molecular flexibility index (Phi) is 3.07. The summed E-state index contributed by atoms with van der Waals surface area (Å²) >= 11 is 0. The van der Waals surface area contributed by atoms with Crippen molar-refractivity contribution in [2.24, 2.45) is 0 Å². The molecule has 0 saturated carbocycles. The largest absolute Gasteiger partial charge is 0.431 e. The Hall–Kier alpha value is -0.863. The van der Waals surface area contributed by atoms with Crippen LogP contribution in [0.4, 0.5) is 0 Å². The van der Waals surface area contributed by atoms with Gasteiger partial charge < -0.3 is 4.80 Å². The first kappa shape index (κ1) is 8.24. The first-order valence-electron chi connectivity index (χ1n) is 3.70. The van der Waals surface area contributed by atoms with Crippen LogP contribution in [0.3, 0.4) is 0 Å². The first-order chi connectivity index (χ1) is 5.29. The van der Waals surface area contributed by atoms with E-state index in [2.05, 4.69) is 0 Å². The molecule has 1 nitrogen and oxygen atoms in total. The van der Waals surface area contributed by atoms with Crippen LogP contribution in [0.2, 0.25) is 6.55 Å². The minimum atomic E-state index is -1.52. The van der Waals surface area contributed by atoms with Crippen molar-refractivity contribution < 1.29 is 4.80 Å². The Labute approximate surface area is 68.7 Å². The molecule has 0 amide bonds. The van der Waals surface area contributed by atoms with Crippen molar-refractivity contribution in [2.75, 3.05) is 0 Å². The molecule has 0 bridgehead atoms. The van der Waals surface area contributed by atoms with Crippen molar-refractivity contribution in [1.29, 1.82) is 0 Å². The highest BCUT2D eigenvalue weighted by Gasteiger charge is 1.88. The summed E-state index contributed by atoms with van der Waals surface area (Å²) in [6.45, 7) is 1.87. The maximum atomic E-state index is 9.07. The second-order valence-electron chi connectivity index (χ2n) is 2.51. The maximum Gasteiger partial charge on any atom is 0.193 e. The Morgan fingerprint density at radius 1 is 1.27 bits per heavy atom. The molecule has 1 N–H and O–H groups in total. The van der Waals surface area contributed by atoms with Gasteiger partial charge in [-0.2, -0.15) is 0 Å². The molecule has 1 aromatic carbocycles. The molecular weight excluding hydrogens is 152 g/mol. The van der Waals surface area contributed by atoms with Gasteiger partial charge in [-0.05, 0) is 12.1 Å². The number of hydrogen-bond acceptors (Lipinski definition) is 1. The van der Waals surface area contributed by atoms with Gasteiger partial charge in [-0.3, -0.25) is 0 Å². The second-order valence-corrected chi connectivity index (χ2v) is 4.38. The summed E-state index contributed by atoms with van der Waals surface area (Å²) in [5, 5.41) is 0. The highest BCUT2D eigenvalue weighted by molar-refractivity contribution is 6.55. The van der Waals surface area contributed by atoms with Gasteiger partial charge in [0.25, 0.3) is 0 Å². The predicted octanol–water partition coefficient (Wildman–Crippen LogP) is 1.58. The lowest BCUT2D eigenvalue weighted by atomic mass is 10.2. The fraction of sp³-hybridized carbons (Fsp3) is 0.111. The molecule has 0 aromatic heterocycles. The number of benzene rings is 1. The molecule has 1 rings (SSSR count). The third-order valence-corrected chi connectivity index (χ3v) is 2.12. The summed E-state index contributed by atoms with van der Waals surface area (Å²) in [5.41, 5.74) is 3.05. The van der Waals surface area contributed by atoms with Gasteiger partial charge in [0.15, 0.2) is 9.04 Å². The number of hydrogen-bond donors (Lipinski definition) is 1. The van der Waals surface area contributed by atoms with Gasteiger partial charge in [0.2, 0.25) is 0 Å². The van der Waals surface area contributed by atoms with Gasteiger partial charge in [0.1, 0.15) is 0 Å². The molecule has 0 heterocycles. The van der Waals surface area contributed by atoms with Crippen LogP contribution >= 0.6 is 0 Å². The van der Waals surface area contributed by atoms with E-state index in [0.29, 0.717) is 0 Å². The Morgan fingerprint density at radius 2 is 1.91 bits per heavy atom. The lowest BCUT2D eigenvalue weighted by Crippen LogP contribution is -1.98. The quantitative estimate of drug-likeness (QED) is 0.658. The average molecular weight is 164 g/mol. The minimum Gasteiger partial charge on any atom is -0.431 e. The third-order valence-electron chi connectivity index (χ3n) is 1.37. The molecule has 0 aliphatic rings. The predicted molar refractivity (Wildman–Crippen MR) is 50.7 cm³/mol. The van der Waals surface area contributed by atoms with E-state index >= 15 is 0 Å². The monoisotopic (exact) mass is 164 g/mol. The fourth-order valence-electron chi connectivity index (χ4n) is 0.815. The standard InChI is InChI=1S/C9H12OSi/c1-11(10)8-7-9-5-3-2-4-6-9/h2-8,10-11H,1H3. The van der Waals surface area contributed by atoms with Crippen LogP contribution in [0.15, 0.2) is 36.0 Å². The Balaban J connectivity index is 2.65. The van der Waals surface area contributed by atoms with E-state index < -0.39 is 9.04 Å². The molecule has 11 heavy (non-hydrogen) atoms. The fourth-order valence-corrected chi connectivity index (χ4v) is 1.32. The number of rotatable bonds is 2. The van der Waals surface area contributed by atoms with Crippen LogP contribution in [0, 0.1) is 0 Å². The molecule has 0 fully saturated rings. The Bertz CT molecular complexity index is 229. The topological polar surface area (TPSA) is 20.2 Å². The van der Waals surface area contributed by atoms with Crippen molar-refractivity contribution in [2.45, 2.75) is 6.55 Å². The molecular formula is C9H12OSi. The Morgan fingerprint density at radius 3 is 2.45 bits per heavy atom. The van der Waals surface area contributed by atoms with Crippen molar-refractivity contribution in [1.82, 2.24) is 0 Å². The van der Waals surface area contributed by atoms with E-state index in [-0.39, 0.29) is 0 Å². The first-order valence-corrected chi connectivity index (χ1v) is 6.04. The van der Waals surface area contributed by atoms with E-state index in [4.69, 9.17) is 4.80 Å². The van der Waals surface area contributed by atoms with Gasteiger partial charge in [-0.1, -0.05) is 42.1 Å². The molecule has 1 aromatic rings. The summed E-state index contributed by atoms with van der Waals surface area (Å²) < 4.78 is 0. The second kappa shape index (κ2) is 4.11. The molecule has 1 atom stereocenters. The lowest BCUT2D eigenvalue weighted by Gasteiger charge is -1.92. The van der Waals surface area contributed by atoms with Gasteiger partial charge >= 0.3 is 0 Å². The zero-order valence-electron chi connectivity index (χ0n) is 6.57. The van der Waals surface area contributed by atoms with E-state index in [1.54, 1.807) is 0 Å². The molecule has 0 aliphatic carbocycles. The normalized spacial score (nSPS) is 13.6.